The first-order valence-electron chi connectivity index (χ1n) is 4.97. The lowest BCUT2D eigenvalue weighted by Gasteiger charge is -1.90. The highest BCUT2D eigenvalue weighted by Crippen LogP contribution is 1.99. The fourth-order valence-electron chi connectivity index (χ4n) is 0.791. The van der Waals surface area contributed by atoms with E-state index in [1.165, 1.54) is 6.21 Å². The molecular weight excluding hydrogens is 174 g/mol. The van der Waals surface area contributed by atoms with E-state index in [0.29, 0.717) is 0 Å². The topological polar surface area (TPSA) is 41.7 Å². The molecule has 0 fully saturated rings. The summed E-state index contributed by atoms with van der Waals surface area (Å²) in [5.41, 5.74) is 1.66. The normalized spacial score (nSPS) is 7.50. The van der Waals surface area contributed by atoms with Crippen molar-refractivity contribution in [2.75, 3.05) is 0 Å². The Morgan fingerprint density at radius 1 is 1.36 bits per heavy atom. The molecule has 0 unspecified atom stereocenters. The third-order valence-electron chi connectivity index (χ3n) is 1.21. The molecule has 0 aliphatic carbocycles. The maximum absolute atomic E-state index is 6.97. The molecule has 0 atom stereocenters. The molecule has 0 amide bonds. The van der Waals surface area contributed by atoms with Gasteiger partial charge in [0.2, 0.25) is 0 Å². The third-order valence-corrected chi connectivity index (χ3v) is 1.21. The molecule has 80 valence electrons. The maximum Gasteiger partial charge on any atom is 0.0839 e. The fourth-order valence-corrected chi connectivity index (χ4v) is 0.791. The number of aryl methyl sites for hydroxylation is 1. The van der Waals surface area contributed by atoms with E-state index < -0.39 is 0 Å². The Morgan fingerprint density at radius 2 is 1.86 bits per heavy atom. The van der Waals surface area contributed by atoms with Crippen molar-refractivity contribution < 1.29 is 0 Å². The zero-order chi connectivity index (χ0) is 11.6. The summed E-state index contributed by atoms with van der Waals surface area (Å²) in [5.74, 6) is 0. The molecule has 1 aromatic heterocycles. The molecule has 0 spiro atoms. The lowest BCUT2D eigenvalue weighted by molar-refractivity contribution is 0.907. The van der Waals surface area contributed by atoms with Crippen molar-refractivity contribution in [3.8, 4) is 0 Å². The van der Waals surface area contributed by atoms with Crippen molar-refractivity contribution in [2.24, 2.45) is 0 Å². The lowest BCUT2D eigenvalue weighted by Crippen LogP contribution is -1.93. The minimum atomic E-state index is 0.757. The van der Waals surface area contributed by atoms with E-state index in [1.54, 1.807) is 10.9 Å². The third kappa shape index (κ3) is 4.60. The smallest absolute Gasteiger partial charge is 0.0839 e. The van der Waals surface area contributed by atoms with E-state index >= 15 is 0 Å². The Morgan fingerprint density at radius 3 is 2.14 bits per heavy atom. The molecule has 0 radical (unpaired) electrons. The van der Waals surface area contributed by atoms with E-state index in [9.17, 15) is 0 Å². The zero-order valence-corrected chi connectivity index (χ0v) is 9.83. The van der Waals surface area contributed by atoms with Gasteiger partial charge < -0.3 is 5.41 Å². The van der Waals surface area contributed by atoms with Crippen molar-refractivity contribution in [2.45, 2.75) is 34.6 Å². The van der Waals surface area contributed by atoms with Gasteiger partial charge in [0.25, 0.3) is 0 Å². The molecule has 3 nitrogen and oxygen atoms in total. The molecule has 1 heterocycles. The van der Waals surface area contributed by atoms with E-state index in [0.717, 1.165) is 11.4 Å². The van der Waals surface area contributed by atoms with Crippen LogP contribution < -0.4 is 0 Å². The first-order chi connectivity index (χ1) is 6.77. The van der Waals surface area contributed by atoms with Crippen molar-refractivity contribution in [1.29, 1.82) is 5.41 Å². The lowest BCUT2D eigenvalue weighted by atomic mass is 10.4. The Kier molecular flexibility index (Phi) is 10.5. The van der Waals surface area contributed by atoms with Gasteiger partial charge in [-0.05, 0) is 13.0 Å². The van der Waals surface area contributed by atoms with E-state index in [-0.39, 0.29) is 0 Å². The Hall–Kier alpha value is -1.38. The van der Waals surface area contributed by atoms with Gasteiger partial charge in [-0.15, -0.1) is 0 Å². The van der Waals surface area contributed by atoms with Crippen LogP contribution in [0.15, 0.2) is 12.6 Å². The van der Waals surface area contributed by atoms with Crippen LogP contribution in [-0.4, -0.2) is 16.0 Å². The molecule has 0 aliphatic heterocycles. The average molecular weight is 195 g/mol. The number of hydrogen-bond acceptors (Lipinski definition) is 2. The molecule has 0 aliphatic rings. The number of nitrogens with one attached hydrogen (secondary N) is 1. The van der Waals surface area contributed by atoms with Gasteiger partial charge in [-0.3, -0.25) is 0 Å². The molecular formula is C11H21N3. The van der Waals surface area contributed by atoms with Crippen molar-refractivity contribution in [3.05, 3.63) is 24.0 Å². The Bertz CT molecular complexity index is 236. The number of rotatable bonds is 2. The van der Waals surface area contributed by atoms with Gasteiger partial charge in [0.15, 0.2) is 0 Å². The van der Waals surface area contributed by atoms with E-state index in [4.69, 9.17) is 5.41 Å². The van der Waals surface area contributed by atoms with E-state index in [1.807, 2.05) is 40.7 Å². The second kappa shape index (κ2) is 9.71. The molecule has 1 rings (SSSR count). The first kappa shape index (κ1) is 15.1. The van der Waals surface area contributed by atoms with Gasteiger partial charge >= 0.3 is 0 Å². The summed E-state index contributed by atoms with van der Waals surface area (Å²) in [5, 5.41) is 11.0. The molecule has 3 heteroatoms. The standard InChI is InChI=1S/C7H9N3.2C2H6/c1-3-10-7(5-8)4-6(2)9-10;2*1-2/h3-5,8H,1H2,2H3;2*1-2H3. The monoisotopic (exact) mass is 195 g/mol. The molecule has 1 aromatic rings. The largest absolute Gasteiger partial charge is 0.307 e. The SMILES string of the molecule is C=Cn1nc(C)cc1C=N.CC.CC. The summed E-state index contributed by atoms with van der Waals surface area (Å²) in [6.45, 7) is 13.4. The Labute approximate surface area is 87.0 Å². The summed E-state index contributed by atoms with van der Waals surface area (Å²) in [6, 6.07) is 1.83. The summed E-state index contributed by atoms with van der Waals surface area (Å²) in [7, 11) is 0. The van der Waals surface area contributed by atoms with Crippen LogP contribution in [0.25, 0.3) is 6.20 Å². The average Bonchev–Trinajstić information content (AvgIpc) is 2.64. The Balaban J connectivity index is 0. The number of aromatic nitrogens is 2. The second-order valence-corrected chi connectivity index (χ2v) is 1.98. The number of nitrogens with zero attached hydrogens (tertiary/aromatic N) is 2. The van der Waals surface area contributed by atoms with Crippen LogP contribution in [0, 0.1) is 12.3 Å². The summed E-state index contributed by atoms with van der Waals surface area (Å²) in [6.07, 6.45) is 2.83. The summed E-state index contributed by atoms with van der Waals surface area (Å²) in [4.78, 5) is 0. The van der Waals surface area contributed by atoms with Gasteiger partial charge in [0.05, 0.1) is 11.4 Å². The molecule has 0 saturated carbocycles. The molecule has 0 saturated heterocycles. The van der Waals surface area contributed by atoms with Gasteiger partial charge in [-0.25, -0.2) is 4.68 Å². The van der Waals surface area contributed by atoms with Crippen LogP contribution in [-0.2, 0) is 0 Å². The predicted molar refractivity (Wildman–Crippen MR) is 63.9 cm³/mol. The second-order valence-electron chi connectivity index (χ2n) is 1.98. The van der Waals surface area contributed by atoms with E-state index in [2.05, 4.69) is 11.7 Å². The van der Waals surface area contributed by atoms with Crippen LogP contribution in [0.4, 0.5) is 0 Å². The molecule has 0 bridgehead atoms. The van der Waals surface area contributed by atoms with Gasteiger partial charge in [-0.1, -0.05) is 34.3 Å². The summed E-state index contributed by atoms with van der Waals surface area (Å²) < 4.78 is 1.57. The van der Waals surface area contributed by atoms with Crippen molar-refractivity contribution in [3.63, 3.8) is 0 Å². The minimum absolute atomic E-state index is 0.757. The van der Waals surface area contributed by atoms with Gasteiger partial charge in [-0.2, -0.15) is 5.10 Å². The van der Waals surface area contributed by atoms with Gasteiger partial charge in [0.1, 0.15) is 0 Å². The quantitative estimate of drug-likeness (QED) is 0.722. The predicted octanol–water partition coefficient (Wildman–Crippen LogP) is 3.34. The fraction of sp³-hybridized carbons (Fsp3) is 0.455. The van der Waals surface area contributed by atoms with Crippen LogP contribution in [0.1, 0.15) is 39.1 Å². The molecule has 1 N–H and O–H groups in total. The zero-order valence-electron chi connectivity index (χ0n) is 9.83. The van der Waals surface area contributed by atoms with Crippen LogP contribution in [0.5, 0.6) is 0 Å². The maximum atomic E-state index is 6.97. The summed E-state index contributed by atoms with van der Waals surface area (Å²) >= 11 is 0. The van der Waals surface area contributed by atoms with Crippen molar-refractivity contribution >= 4 is 12.4 Å². The van der Waals surface area contributed by atoms with Gasteiger partial charge in [0, 0.05) is 12.4 Å². The minimum Gasteiger partial charge on any atom is -0.307 e. The van der Waals surface area contributed by atoms with Crippen molar-refractivity contribution in [1.82, 2.24) is 9.78 Å². The first-order valence-corrected chi connectivity index (χ1v) is 4.97. The highest BCUT2D eigenvalue weighted by atomic mass is 15.3. The number of hydrogen-bond donors (Lipinski definition) is 1. The molecule has 14 heavy (non-hydrogen) atoms. The highest BCUT2D eigenvalue weighted by molar-refractivity contribution is 5.75. The van der Waals surface area contributed by atoms with Crippen LogP contribution in [0.2, 0.25) is 0 Å². The van der Waals surface area contributed by atoms with Crippen LogP contribution >= 0.6 is 0 Å². The molecule has 0 aromatic carbocycles. The van der Waals surface area contributed by atoms with Crippen LogP contribution in [0.3, 0.4) is 0 Å². The highest BCUT2D eigenvalue weighted by Gasteiger charge is 1.96.